The van der Waals surface area contributed by atoms with Gasteiger partial charge in [-0.1, -0.05) is 0 Å². The number of benzene rings is 1. The maximum Gasteiger partial charge on any atom is 0.253 e. The zero-order valence-electron chi connectivity index (χ0n) is 13.4. The Labute approximate surface area is 128 Å². The van der Waals surface area contributed by atoms with Gasteiger partial charge in [-0.05, 0) is 64.0 Å². The quantitative estimate of drug-likeness (QED) is 0.905. The topological polar surface area (TPSA) is 35.6 Å². The van der Waals surface area contributed by atoms with E-state index in [9.17, 15) is 4.79 Å². The van der Waals surface area contributed by atoms with Crippen molar-refractivity contribution in [3.63, 3.8) is 0 Å². The molecule has 2 rings (SSSR count). The summed E-state index contributed by atoms with van der Waals surface area (Å²) in [5, 5.41) is 3.25. The maximum atomic E-state index is 12.5. The molecule has 1 aromatic carbocycles. The fourth-order valence-electron chi connectivity index (χ4n) is 2.95. The van der Waals surface area contributed by atoms with Gasteiger partial charge in [-0.25, -0.2) is 0 Å². The van der Waals surface area contributed by atoms with Gasteiger partial charge in [0.05, 0.1) is 0 Å². The van der Waals surface area contributed by atoms with Crippen LogP contribution in [0.4, 0.5) is 5.69 Å². The van der Waals surface area contributed by atoms with Crippen LogP contribution in [-0.2, 0) is 0 Å². The molecule has 0 bridgehead atoms. The zero-order valence-corrected chi connectivity index (χ0v) is 13.4. The van der Waals surface area contributed by atoms with Crippen molar-refractivity contribution >= 4 is 11.6 Å². The molecule has 116 valence electrons. The molecule has 0 atom stereocenters. The monoisotopic (exact) mass is 289 g/mol. The van der Waals surface area contributed by atoms with Gasteiger partial charge in [0.1, 0.15) is 0 Å². The Balaban J connectivity index is 1.89. The molecule has 0 spiro atoms. The van der Waals surface area contributed by atoms with E-state index in [4.69, 9.17) is 0 Å². The van der Waals surface area contributed by atoms with Gasteiger partial charge in [0.15, 0.2) is 0 Å². The molecule has 4 heteroatoms. The molecule has 0 radical (unpaired) electrons. The molecule has 4 nitrogen and oxygen atoms in total. The third-order valence-corrected chi connectivity index (χ3v) is 4.04. The molecule has 1 N–H and O–H groups in total. The first-order valence-electron chi connectivity index (χ1n) is 7.88. The normalized spacial score (nSPS) is 16.3. The van der Waals surface area contributed by atoms with Crippen molar-refractivity contribution in [3.8, 4) is 0 Å². The molecular weight excluding hydrogens is 262 g/mol. The molecule has 0 aromatic heterocycles. The number of nitrogens with zero attached hydrogens (tertiary/aromatic N) is 2. The summed E-state index contributed by atoms with van der Waals surface area (Å²) >= 11 is 0. The number of anilines is 1. The second-order valence-corrected chi connectivity index (χ2v) is 6.11. The first-order chi connectivity index (χ1) is 10.1. The summed E-state index contributed by atoms with van der Waals surface area (Å²) in [6.07, 6.45) is 2.22. The predicted octanol–water partition coefficient (Wildman–Crippen LogP) is 2.53. The van der Waals surface area contributed by atoms with Crippen LogP contribution in [0.25, 0.3) is 0 Å². The minimum absolute atomic E-state index is 0.168. The van der Waals surface area contributed by atoms with Crippen LogP contribution in [0.3, 0.4) is 0 Å². The first-order valence-corrected chi connectivity index (χ1v) is 7.88. The fourth-order valence-corrected chi connectivity index (χ4v) is 2.95. The number of nitrogens with one attached hydrogen (secondary N) is 1. The molecule has 1 aromatic rings. The molecule has 0 saturated carbocycles. The van der Waals surface area contributed by atoms with Gasteiger partial charge in [0.25, 0.3) is 5.91 Å². The lowest BCUT2D eigenvalue weighted by Gasteiger charge is -2.33. The second kappa shape index (κ2) is 7.46. The summed E-state index contributed by atoms with van der Waals surface area (Å²) in [6.45, 7) is 5.85. The van der Waals surface area contributed by atoms with Crippen LogP contribution in [0.15, 0.2) is 24.3 Å². The minimum atomic E-state index is 0.168. The highest BCUT2D eigenvalue weighted by atomic mass is 16.2. The minimum Gasteiger partial charge on any atom is -0.385 e. The van der Waals surface area contributed by atoms with Gasteiger partial charge in [-0.15, -0.1) is 0 Å². The van der Waals surface area contributed by atoms with Gasteiger partial charge in [0.2, 0.25) is 0 Å². The Kier molecular flexibility index (Phi) is 5.62. The van der Waals surface area contributed by atoms with E-state index in [-0.39, 0.29) is 5.91 Å². The zero-order chi connectivity index (χ0) is 15.2. The summed E-state index contributed by atoms with van der Waals surface area (Å²) in [5.74, 6) is 0.890. The number of piperidine rings is 1. The number of rotatable bonds is 5. The first kappa shape index (κ1) is 15.8. The summed E-state index contributed by atoms with van der Waals surface area (Å²) in [5.41, 5.74) is 1.86. The van der Waals surface area contributed by atoms with E-state index < -0.39 is 0 Å². The maximum absolute atomic E-state index is 12.5. The molecule has 0 aliphatic carbocycles. The molecule has 1 aliphatic heterocycles. The number of carbonyl (C=O) groups excluding carboxylic acids is 1. The Morgan fingerprint density at radius 2 is 1.86 bits per heavy atom. The second-order valence-electron chi connectivity index (χ2n) is 6.11. The van der Waals surface area contributed by atoms with E-state index in [0.29, 0.717) is 0 Å². The van der Waals surface area contributed by atoms with Gasteiger partial charge in [0, 0.05) is 37.4 Å². The van der Waals surface area contributed by atoms with E-state index in [1.807, 2.05) is 29.2 Å². The smallest absolute Gasteiger partial charge is 0.253 e. The Hall–Kier alpha value is -1.55. The summed E-state index contributed by atoms with van der Waals surface area (Å²) in [4.78, 5) is 16.7. The molecule has 1 aliphatic rings. The van der Waals surface area contributed by atoms with Crippen molar-refractivity contribution in [1.82, 2.24) is 9.80 Å². The number of amides is 1. The van der Waals surface area contributed by atoms with Crippen LogP contribution in [0.2, 0.25) is 0 Å². The SMILES string of the molecule is CCNc1ccc(C(=O)N2CCC(CN(C)C)CC2)cc1. The van der Waals surface area contributed by atoms with Crippen molar-refractivity contribution < 1.29 is 4.79 Å². The standard InChI is InChI=1S/C17H27N3O/c1-4-18-16-7-5-15(6-8-16)17(21)20-11-9-14(10-12-20)13-19(2)3/h5-8,14,18H,4,9-13H2,1-3H3. The molecular formula is C17H27N3O. The van der Waals surface area contributed by atoms with Gasteiger partial charge in [-0.3, -0.25) is 4.79 Å². The average molecular weight is 289 g/mol. The van der Waals surface area contributed by atoms with Crippen molar-refractivity contribution in [1.29, 1.82) is 0 Å². The van der Waals surface area contributed by atoms with E-state index in [0.717, 1.165) is 56.2 Å². The van der Waals surface area contributed by atoms with Crippen LogP contribution < -0.4 is 5.32 Å². The highest BCUT2D eigenvalue weighted by molar-refractivity contribution is 5.94. The number of hydrogen-bond donors (Lipinski definition) is 1. The van der Waals surface area contributed by atoms with Crippen LogP contribution in [-0.4, -0.2) is 56.0 Å². The molecule has 0 unspecified atom stereocenters. The lowest BCUT2D eigenvalue weighted by atomic mass is 9.96. The summed E-state index contributed by atoms with van der Waals surface area (Å²) in [7, 11) is 4.23. The molecule has 1 fully saturated rings. The summed E-state index contributed by atoms with van der Waals surface area (Å²) in [6, 6.07) is 7.81. The third-order valence-electron chi connectivity index (χ3n) is 4.04. The lowest BCUT2D eigenvalue weighted by Crippen LogP contribution is -2.40. The summed E-state index contributed by atoms with van der Waals surface area (Å²) < 4.78 is 0. The van der Waals surface area contributed by atoms with Crippen LogP contribution in [0, 0.1) is 5.92 Å². The Morgan fingerprint density at radius 1 is 1.24 bits per heavy atom. The fraction of sp³-hybridized carbons (Fsp3) is 0.588. The van der Waals surface area contributed by atoms with Gasteiger partial charge in [-0.2, -0.15) is 0 Å². The van der Waals surface area contributed by atoms with E-state index in [1.54, 1.807) is 0 Å². The van der Waals surface area contributed by atoms with E-state index in [1.165, 1.54) is 0 Å². The Bertz CT molecular complexity index is 448. The van der Waals surface area contributed by atoms with Crippen molar-refractivity contribution in [2.75, 3.05) is 45.6 Å². The van der Waals surface area contributed by atoms with Crippen molar-refractivity contribution in [2.24, 2.45) is 5.92 Å². The average Bonchev–Trinajstić information content (AvgIpc) is 2.48. The predicted molar refractivity (Wildman–Crippen MR) is 87.8 cm³/mol. The highest BCUT2D eigenvalue weighted by Crippen LogP contribution is 2.20. The van der Waals surface area contributed by atoms with Crippen LogP contribution >= 0.6 is 0 Å². The Morgan fingerprint density at radius 3 is 2.38 bits per heavy atom. The molecule has 1 amide bonds. The van der Waals surface area contributed by atoms with Crippen LogP contribution in [0.1, 0.15) is 30.1 Å². The lowest BCUT2D eigenvalue weighted by molar-refractivity contribution is 0.0678. The van der Waals surface area contributed by atoms with E-state index in [2.05, 4.69) is 31.2 Å². The van der Waals surface area contributed by atoms with Crippen molar-refractivity contribution in [3.05, 3.63) is 29.8 Å². The molecule has 1 heterocycles. The largest absolute Gasteiger partial charge is 0.385 e. The number of likely N-dealkylation sites (tertiary alicyclic amines) is 1. The van der Waals surface area contributed by atoms with Crippen LogP contribution in [0.5, 0.6) is 0 Å². The molecule has 21 heavy (non-hydrogen) atoms. The van der Waals surface area contributed by atoms with Gasteiger partial charge >= 0.3 is 0 Å². The number of carbonyl (C=O) groups is 1. The third kappa shape index (κ3) is 4.46. The van der Waals surface area contributed by atoms with Crippen molar-refractivity contribution in [2.45, 2.75) is 19.8 Å². The molecule has 1 saturated heterocycles. The van der Waals surface area contributed by atoms with Gasteiger partial charge < -0.3 is 15.1 Å². The van der Waals surface area contributed by atoms with E-state index >= 15 is 0 Å². The number of hydrogen-bond acceptors (Lipinski definition) is 3. The highest BCUT2D eigenvalue weighted by Gasteiger charge is 2.23.